The van der Waals surface area contributed by atoms with Crippen LogP contribution >= 0.6 is 11.8 Å². The zero-order valence-electron chi connectivity index (χ0n) is 12.6. The van der Waals surface area contributed by atoms with E-state index in [-0.39, 0.29) is 24.6 Å². The van der Waals surface area contributed by atoms with Crippen LogP contribution in [0.5, 0.6) is 0 Å². The van der Waals surface area contributed by atoms with Gasteiger partial charge in [-0.1, -0.05) is 12.1 Å². The number of rotatable bonds is 4. The van der Waals surface area contributed by atoms with Gasteiger partial charge in [-0.15, -0.1) is 11.8 Å². The van der Waals surface area contributed by atoms with E-state index >= 15 is 0 Å². The zero-order valence-corrected chi connectivity index (χ0v) is 13.4. The Morgan fingerprint density at radius 1 is 1.18 bits per heavy atom. The number of ether oxygens (including phenoxy) is 3. The van der Waals surface area contributed by atoms with Crippen molar-refractivity contribution < 1.29 is 23.8 Å². The van der Waals surface area contributed by atoms with Crippen LogP contribution in [0.4, 0.5) is 5.69 Å². The van der Waals surface area contributed by atoms with Crippen molar-refractivity contribution in [2.24, 2.45) is 0 Å². The smallest absolute Gasteiger partial charge is 0.355 e. The number of benzene rings is 1. The Morgan fingerprint density at radius 3 is 2.50 bits per heavy atom. The average Bonchev–Trinajstić information content (AvgIpc) is 2.59. The molecule has 1 heterocycles. The summed E-state index contributed by atoms with van der Waals surface area (Å²) < 4.78 is 15.0. The van der Waals surface area contributed by atoms with Crippen molar-refractivity contribution in [3.8, 4) is 0 Å². The number of hydrogen-bond donors (Lipinski definition) is 0. The predicted octanol–water partition coefficient (Wildman–Crippen LogP) is 1.80. The topological polar surface area (TPSA) is 65.1 Å². The van der Waals surface area contributed by atoms with E-state index in [9.17, 15) is 9.59 Å². The third-order valence-electron chi connectivity index (χ3n) is 3.21. The highest BCUT2D eigenvalue weighted by atomic mass is 32.2. The van der Waals surface area contributed by atoms with Crippen molar-refractivity contribution in [1.29, 1.82) is 0 Å². The number of methoxy groups -OCH3 is 2. The fraction of sp³-hybridized carbons (Fsp3) is 0.333. The first-order valence-electron chi connectivity index (χ1n) is 6.52. The number of nitrogens with zero attached hydrogens (tertiary/aromatic N) is 1. The van der Waals surface area contributed by atoms with Gasteiger partial charge in [0, 0.05) is 4.90 Å². The van der Waals surface area contributed by atoms with E-state index in [1.807, 2.05) is 30.5 Å². The molecule has 0 spiro atoms. The molecule has 6 nitrogen and oxygen atoms in total. The Kier molecular flexibility index (Phi) is 5.46. The third kappa shape index (κ3) is 3.10. The molecule has 0 fully saturated rings. The number of carbonyl (C=O) groups is 2. The first-order valence-corrected chi connectivity index (χ1v) is 7.74. The van der Waals surface area contributed by atoms with Gasteiger partial charge in [-0.25, -0.2) is 9.59 Å². The summed E-state index contributed by atoms with van der Waals surface area (Å²) in [5, 5.41) is 0. The van der Waals surface area contributed by atoms with Gasteiger partial charge >= 0.3 is 11.9 Å². The lowest BCUT2D eigenvalue weighted by Crippen LogP contribution is -2.39. The molecule has 0 aliphatic carbocycles. The second kappa shape index (κ2) is 7.33. The van der Waals surface area contributed by atoms with Gasteiger partial charge in [0.15, 0.2) is 0 Å². The van der Waals surface area contributed by atoms with Crippen molar-refractivity contribution in [3.63, 3.8) is 0 Å². The van der Waals surface area contributed by atoms with Crippen molar-refractivity contribution in [1.82, 2.24) is 0 Å². The summed E-state index contributed by atoms with van der Waals surface area (Å²) in [6.07, 6.45) is 1.94. The van der Waals surface area contributed by atoms with E-state index in [0.717, 1.165) is 10.6 Å². The van der Waals surface area contributed by atoms with E-state index in [1.165, 1.54) is 26.0 Å². The molecule has 0 saturated heterocycles. The molecule has 0 unspecified atom stereocenters. The fourth-order valence-electron chi connectivity index (χ4n) is 2.19. The summed E-state index contributed by atoms with van der Waals surface area (Å²) in [5.74, 6) is -1.20. The van der Waals surface area contributed by atoms with Gasteiger partial charge in [0.1, 0.15) is 12.4 Å². The molecule has 118 valence electrons. The van der Waals surface area contributed by atoms with Crippen LogP contribution in [0.1, 0.15) is 0 Å². The molecule has 1 aliphatic rings. The van der Waals surface area contributed by atoms with Crippen molar-refractivity contribution >= 4 is 29.4 Å². The lowest BCUT2D eigenvalue weighted by atomic mass is 10.1. The van der Waals surface area contributed by atoms with E-state index < -0.39 is 11.9 Å². The lowest BCUT2D eigenvalue weighted by molar-refractivity contribution is -0.140. The number of esters is 2. The maximum absolute atomic E-state index is 12.2. The Morgan fingerprint density at radius 2 is 1.86 bits per heavy atom. The summed E-state index contributed by atoms with van der Waals surface area (Å²) in [7, 11) is 2.54. The first kappa shape index (κ1) is 16.4. The number of carbonyl (C=O) groups excluding carboxylic acids is 2. The molecule has 0 atom stereocenters. The summed E-state index contributed by atoms with van der Waals surface area (Å²) in [5.41, 5.74) is 1.08. The molecule has 0 aromatic heterocycles. The molecule has 2 rings (SSSR count). The van der Waals surface area contributed by atoms with Crippen molar-refractivity contribution in [3.05, 3.63) is 35.5 Å². The largest absolute Gasteiger partial charge is 0.466 e. The van der Waals surface area contributed by atoms with Crippen molar-refractivity contribution in [2.45, 2.75) is 4.90 Å². The van der Waals surface area contributed by atoms with Crippen LogP contribution in [0.2, 0.25) is 0 Å². The second-order valence-corrected chi connectivity index (χ2v) is 5.24. The zero-order chi connectivity index (χ0) is 16.1. The van der Waals surface area contributed by atoms with Crippen LogP contribution in [0.15, 0.2) is 40.4 Å². The number of para-hydroxylation sites is 1. The molecular formula is C15H17NO5S. The quantitative estimate of drug-likeness (QED) is 0.618. The predicted molar refractivity (Wildman–Crippen MR) is 82.6 cm³/mol. The van der Waals surface area contributed by atoms with Crippen LogP contribution in [-0.2, 0) is 23.8 Å². The highest BCUT2D eigenvalue weighted by Gasteiger charge is 2.33. The van der Waals surface area contributed by atoms with Gasteiger partial charge in [-0.2, -0.15) is 0 Å². The van der Waals surface area contributed by atoms with Crippen LogP contribution in [-0.4, -0.2) is 45.8 Å². The molecule has 0 amide bonds. The third-order valence-corrected chi connectivity index (χ3v) is 3.99. The lowest BCUT2D eigenvalue weighted by Gasteiger charge is -2.32. The van der Waals surface area contributed by atoms with Gasteiger partial charge in [0.25, 0.3) is 0 Å². The maximum Gasteiger partial charge on any atom is 0.355 e. The SMILES string of the molecule is COC(=O)C1=C(C(=O)OC)N(c2ccccc2SC)COC1. The Balaban J connectivity index is 2.57. The minimum absolute atomic E-state index is 0.00897. The van der Waals surface area contributed by atoms with Crippen LogP contribution in [0.25, 0.3) is 0 Å². The number of thioether (sulfide) groups is 1. The van der Waals surface area contributed by atoms with Gasteiger partial charge in [0.2, 0.25) is 0 Å². The summed E-state index contributed by atoms with van der Waals surface area (Å²) in [6, 6.07) is 7.55. The fourth-order valence-corrected chi connectivity index (χ4v) is 2.79. The number of anilines is 1. The molecular weight excluding hydrogens is 306 g/mol. The second-order valence-electron chi connectivity index (χ2n) is 4.39. The van der Waals surface area contributed by atoms with Crippen LogP contribution in [0, 0.1) is 0 Å². The van der Waals surface area contributed by atoms with E-state index in [0.29, 0.717) is 0 Å². The van der Waals surface area contributed by atoms with E-state index in [1.54, 1.807) is 4.90 Å². The molecule has 1 aromatic rings. The standard InChI is InChI=1S/C15H17NO5S/c1-19-14(17)10-8-21-9-16(13(10)15(18)20-2)11-6-4-5-7-12(11)22-3/h4-7H,8-9H2,1-3H3. The number of hydrogen-bond acceptors (Lipinski definition) is 7. The summed E-state index contributed by atoms with van der Waals surface area (Å²) in [4.78, 5) is 26.7. The average molecular weight is 323 g/mol. The molecule has 1 aliphatic heterocycles. The minimum Gasteiger partial charge on any atom is -0.466 e. The van der Waals surface area contributed by atoms with Crippen LogP contribution < -0.4 is 4.90 Å². The molecule has 0 saturated carbocycles. The highest BCUT2D eigenvalue weighted by Crippen LogP contribution is 2.33. The molecule has 0 bridgehead atoms. The Hall–Kier alpha value is -1.99. The minimum atomic E-state index is -0.605. The molecule has 1 aromatic carbocycles. The molecule has 7 heteroatoms. The van der Waals surface area contributed by atoms with E-state index in [4.69, 9.17) is 14.2 Å². The molecule has 0 N–H and O–H groups in total. The van der Waals surface area contributed by atoms with Crippen molar-refractivity contribution in [2.75, 3.05) is 38.7 Å². The maximum atomic E-state index is 12.2. The Bertz CT molecular complexity index is 614. The van der Waals surface area contributed by atoms with Gasteiger partial charge in [-0.05, 0) is 18.4 Å². The Labute approximate surface area is 133 Å². The monoisotopic (exact) mass is 323 g/mol. The van der Waals surface area contributed by atoms with Gasteiger partial charge in [-0.3, -0.25) is 0 Å². The van der Waals surface area contributed by atoms with Crippen LogP contribution in [0.3, 0.4) is 0 Å². The first-order chi connectivity index (χ1) is 10.6. The molecule has 22 heavy (non-hydrogen) atoms. The molecule has 0 radical (unpaired) electrons. The van der Waals surface area contributed by atoms with E-state index in [2.05, 4.69) is 0 Å². The summed E-state index contributed by atoms with van der Waals surface area (Å²) >= 11 is 1.54. The summed E-state index contributed by atoms with van der Waals surface area (Å²) in [6.45, 7) is 0.164. The highest BCUT2D eigenvalue weighted by molar-refractivity contribution is 7.98. The van der Waals surface area contributed by atoms with Gasteiger partial charge < -0.3 is 19.1 Å². The van der Waals surface area contributed by atoms with Gasteiger partial charge in [0.05, 0.1) is 32.1 Å². The normalized spacial score (nSPS) is 14.8.